The molecule has 1 heterocycles. The molecule has 24 heavy (non-hydrogen) atoms. The van der Waals surface area contributed by atoms with Crippen LogP contribution in [0.2, 0.25) is 0 Å². The lowest BCUT2D eigenvalue weighted by molar-refractivity contribution is -0.120. The summed E-state index contributed by atoms with van der Waals surface area (Å²) in [5.74, 6) is 0.456. The molecule has 2 aromatic rings. The van der Waals surface area contributed by atoms with Gasteiger partial charge in [-0.1, -0.05) is 18.2 Å². The first-order valence-electron chi connectivity index (χ1n) is 7.95. The van der Waals surface area contributed by atoms with Crippen LogP contribution in [0.3, 0.4) is 0 Å². The number of likely N-dealkylation sites (N-methyl/N-ethyl adjacent to an activating group) is 1. The maximum atomic E-state index is 12.2. The van der Waals surface area contributed by atoms with Gasteiger partial charge in [0.1, 0.15) is 5.82 Å². The van der Waals surface area contributed by atoms with E-state index in [0.29, 0.717) is 11.7 Å². The predicted octanol–water partition coefficient (Wildman–Crippen LogP) is 1.11. The van der Waals surface area contributed by atoms with Crippen LogP contribution >= 0.6 is 0 Å². The van der Waals surface area contributed by atoms with Gasteiger partial charge >= 0.3 is 0 Å². The summed E-state index contributed by atoms with van der Waals surface area (Å²) in [4.78, 5) is 24.7. The smallest absolute Gasteiger partial charge is 0.239 e. The Morgan fingerprint density at radius 3 is 2.62 bits per heavy atom. The third-order valence-electron chi connectivity index (χ3n) is 3.83. The summed E-state index contributed by atoms with van der Waals surface area (Å²) in [6.45, 7) is 0.125. The number of anilines is 1. The van der Waals surface area contributed by atoms with Crippen LogP contribution in [0.1, 0.15) is 24.5 Å². The first-order chi connectivity index (χ1) is 11.5. The minimum Gasteiger partial charge on any atom is -0.369 e. The molecule has 1 aromatic heterocycles. The average molecular weight is 327 g/mol. The second-order valence-corrected chi connectivity index (χ2v) is 6.16. The molecule has 0 aliphatic heterocycles. The number of nitrogens with two attached hydrogens (primary N) is 1. The molecule has 3 rings (SSSR count). The van der Waals surface area contributed by atoms with Gasteiger partial charge in [-0.2, -0.15) is 5.10 Å². The van der Waals surface area contributed by atoms with Gasteiger partial charge in [0.15, 0.2) is 0 Å². The van der Waals surface area contributed by atoms with E-state index in [9.17, 15) is 9.59 Å². The number of hydrogen-bond donors (Lipinski definition) is 2. The van der Waals surface area contributed by atoms with Crippen LogP contribution in [-0.2, 0) is 9.59 Å². The molecule has 0 spiro atoms. The Morgan fingerprint density at radius 2 is 2.00 bits per heavy atom. The molecule has 2 amide bonds. The third kappa shape index (κ3) is 3.99. The van der Waals surface area contributed by atoms with Gasteiger partial charge < -0.3 is 11.1 Å². The van der Waals surface area contributed by atoms with E-state index in [1.165, 1.54) is 0 Å². The summed E-state index contributed by atoms with van der Waals surface area (Å²) >= 11 is 0. The summed E-state index contributed by atoms with van der Waals surface area (Å²) in [5, 5.41) is 7.52. The average Bonchev–Trinajstić information content (AvgIpc) is 3.29. The first-order valence-corrected chi connectivity index (χ1v) is 7.95. The van der Waals surface area contributed by atoms with Crippen LogP contribution in [0.5, 0.6) is 0 Å². The van der Waals surface area contributed by atoms with Crippen LogP contribution in [0.4, 0.5) is 5.82 Å². The van der Waals surface area contributed by atoms with Gasteiger partial charge in [0, 0.05) is 12.0 Å². The molecule has 0 radical (unpaired) electrons. The van der Waals surface area contributed by atoms with E-state index < -0.39 is 5.91 Å². The van der Waals surface area contributed by atoms with Crippen LogP contribution in [-0.4, -0.2) is 46.6 Å². The molecule has 7 heteroatoms. The van der Waals surface area contributed by atoms with E-state index >= 15 is 0 Å². The summed E-state index contributed by atoms with van der Waals surface area (Å²) in [6, 6.07) is 11.6. The third-order valence-corrected chi connectivity index (χ3v) is 3.83. The maximum Gasteiger partial charge on any atom is 0.239 e. The largest absolute Gasteiger partial charge is 0.369 e. The van der Waals surface area contributed by atoms with Gasteiger partial charge in [-0.25, -0.2) is 4.68 Å². The molecule has 0 atom stereocenters. The highest BCUT2D eigenvalue weighted by Crippen LogP contribution is 2.40. The second-order valence-electron chi connectivity index (χ2n) is 6.16. The van der Waals surface area contributed by atoms with E-state index in [-0.39, 0.29) is 19.0 Å². The van der Waals surface area contributed by atoms with Crippen molar-refractivity contribution in [3.63, 3.8) is 0 Å². The maximum absolute atomic E-state index is 12.2. The van der Waals surface area contributed by atoms with E-state index in [0.717, 1.165) is 24.2 Å². The van der Waals surface area contributed by atoms with Crippen molar-refractivity contribution < 1.29 is 9.59 Å². The van der Waals surface area contributed by atoms with Gasteiger partial charge in [-0.05, 0) is 32.0 Å². The number of hydrogen-bond acceptors (Lipinski definition) is 4. The van der Waals surface area contributed by atoms with Gasteiger partial charge in [-0.3, -0.25) is 14.5 Å². The van der Waals surface area contributed by atoms with E-state index in [1.807, 2.05) is 36.4 Å². The standard InChI is InChI=1S/C17H21N5O2/c1-21(10-15(18)23)11-17(24)19-16-9-14(12-7-8-12)20-22(16)13-5-3-2-4-6-13/h2-6,9,12H,7-8,10-11H2,1H3,(H2,18,23)(H,19,24). The Kier molecular flexibility index (Phi) is 4.61. The molecule has 1 aliphatic carbocycles. The zero-order valence-corrected chi connectivity index (χ0v) is 13.6. The van der Waals surface area contributed by atoms with Crippen LogP contribution in [0.25, 0.3) is 5.69 Å². The lowest BCUT2D eigenvalue weighted by Crippen LogP contribution is -2.36. The van der Waals surface area contributed by atoms with Crippen molar-refractivity contribution in [3.8, 4) is 5.69 Å². The Balaban J connectivity index is 1.76. The van der Waals surface area contributed by atoms with Crippen molar-refractivity contribution in [1.29, 1.82) is 0 Å². The molecular formula is C17H21N5O2. The number of carbonyl (C=O) groups excluding carboxylic acids is 2. The summed E-state index contributed by atoms with van der Waals surface area (Å²) in [7, 11) is 1.68. The molecule has 0 unspecified atom stereocenters. The highest BCUT2D eigenvalue weighted by Gasteiger charge is 2.28. The number of rotatable bonds is 7. The number of nitrogens with zero attached hydrogens (tertiary/aromatic N) is 3. The Bertz CT molecular complexity index is 737. The lowest BCUT2D eigenvalue weighted by Gasteiger charge is -2.14. The summed E-state index contributed by atoms with van der Waals surface area (Å²) in [6.07, 6.45) is 2.28. The van der Waals surface area contributed by atoms with Crippen molar-refractivity contribution in [2.45, 2.75) is 18.8 Å². The first kappa shape index (κ1) is 16.2. The van der Waals surface area contributed by atoms with Gasteiger partial charge in [0.25, 0.3) is 0 Å². The summed E-state index contributed by atoms with van der Waals surface area (Å²) in [5.41, 5.74) is 7.03. The Morgan fingerprint density at radius 1 is 1.29 bits per heavy atom. The monoisotopic (exact) mass is 327 g/mol. The van der Waals surface area contributed by atoms with Gasteiger partial charge in [0.05, 0.1) is 24.5 Å². The SMILES string of the molecule is CN(CC(N)=O)CC(=O)Nc1cc(C2CC2)nn1-c1ccccc1. The lowest BCUT2D eigenvalue weighted by atomic mass is 10.3. The normalized spacial score (nSPS) is 13.9. The fourth-order valence-electron chi connectivity index (χ4n) is 2.58. The van der Waals surface area contributed by atoms with E-state index in [1.54, 1.807) is 16.6 Å². The fraction of sp³-hybridized carbons (Fsp3) is 0.353. The summed E-state index contributed by atoms with van der Waals surface area (Å²) < 4.78 is 1.75. The number of benzene rings is 1. The van der Waals surface area contributed by atoms with E-state index in [4.69, 9.17) is 5.73 Å². The zero-order chi connectivity index (χ0) is 17.1. The molecule has 1 fully saturated rings. The number of nitrogens with one attached hydrogen (secondary N) is 1. The highest BCUT2D eigenvalue weighted by atomic mass is 16.2. The molecule has 0 bridgehead atoms. The molecule has 1 aliphatic rings. The molecule has 126 valence electrons. The number of amides is 2. The second kappa shape index (κ2) is 6.84. The van der Waals surface area contributed by atoms with Crippen molar-refractivity contribution in [2.75, 3.05) is 25.5 Å². The predicted molar refractivity (Wildman–Crippen MR) is 90.9 cm³/mol. The van der Waals surface area contributed by atoms with Gasteiger partial charge in [-0.15, -0.1) is 0 Å². The van der Waals surface area contributed by atoms with Crippen molar-refractivity contribution in [2.24, 2.45) is 5.73 Å². The molecule has 7 nitrogen and oxygen atoms in total. The molecule has 1 saturated carbocycles. The number of carbonyl (C=O) groups is 2. The number of para-hydroxylation sites is 1. The van der Waals surface area contributed by atoms with Gasteiger partial charge in [0.2, 0.25) is 11.8 Å². The Labute approximate surface area is 140 Å². The molecule has 1 aromatic carbocycles. The minimum absolute atomic E-state index is 0.0404. The zero-order valence-electron chi connectivity index (χ0n) is 13.6. The quantitative estimate of drug-likeness (QED) is 0.796. The molecule has 0 saturated heterocycles. The molecular weight excluding hydrogens is 306 g/mol. The minimum atomic E-state index is -0.462. The number of aromatic nitrogens is 2. The molecule has 3 N–H and O–H groups in total. The van der Waals surface area contributed by atoms with Crippen LogP contribution in [0.15, 0.2) is 36.4 Å². The van der Waals surface area contributed by atoms with Crippen LogP contribution < -0.4 is 11.1 Å². The fourth-order valence-corrected chi connectivity index (χ4v) is 2.58. The van der Waals surface area contributed by atoms with Crippen molar-refractivity contribution in [1.82, 2.24) is 14.7 Å². The topological polar surface area (TPSA) is 93.2 Å². The van der Waals surface area contributed by atoms with Crippen molar-refractivity contribution >= 4 is 17.6 Å². The Hall–Kier alpha value is -2.67. The van der Waals surface area contributed by atoms with Crippen LogP contribution in [0, 0.1) is 0 Å². The highest BCUT2D eigenvalue weighted by molar-refractivity contribution is 5.92. The van der Waals surface area contributed by atoms with Crippen molar-refractivity contribution in [3.05, 3.63) is 42.1 Å². The van der Waals surface area contributed by atoms with E-state index in [2.05, 4.69) is 10.4 Å². The number of primary amides is 1.